The molecule has 138 valence electrons. The summed E-state index contributed by atoms with van der Waals surface area (Å²) in [6, 6.07) is 14.1. The lowest BCUT2D eigenvalue weighted by Gasteiger charge is -2.22. The van der Waals surface area contributed by atoms with Crippen LogP contribution in [0.3, 0.4) is 0 Å². The Hall–Kier alpha value is -2.31. The molecule has 0 aliphatic carbocycles. The van der Waals surface area contributed by atoms with Crippen molar-refractivity contribution in [2.45, 2.75) is 38.3 Å². The fourth-order valence-electron chi connectivity index (χ4n) is 4.50. The number of rotatable bonds is 3. The minimum atomic E-state index is -0.0202. The Kier molecular flexibility index (Phi) is 3.98. The van der Waals surface area contributed by atoms with E-state index in [1.807, 2.05) is 46.2 Å². The van der Waals surface area contributed by atoms with E-state index in [1.165, 1.54) is 9.75 Å². The molecule has 0 unspecified atom stereocenters. The topological polar surface area (TPSA) is 51.0 Å². The van der Waals surface area contributed by atoms with Crippen molar-refractivity contribution in [3.63, 3.8) is 0 Å². The molecule has 27 heavy (non-hydrogen) atoms. The second-order valence-electron chi connectivity index (χ2n) is 7.70. The van der Waals surface area contributed by atoms with Gasteiger partial charge in [-0.25, -0.2) is 0 Å². The van der Waals surface area contributed by atoms with Crippen LogP contribution in [0.2, 0.25) is 0 Å². The summed E-state index contributed by atoms with van der Waals surface area (Å²) in [5.41, 5.74) is 1.27. The quantitative estimate of drug-likeness (QED) is 0.702. The predicted octanol–water partition coefficient (Wildman–Crippen LogP) is 3.22. The zero-order valence-corrected chi connectivity index (χ0v) is 16.2. The van der Waals surface area contributed by atoms with Gasteiger partial charge < -0.3 is 0 Å². The Morgan fingerprint density at radius 3 is 2.67 bits per heavy atom. The Morgan fingerprint density at radius 2 is 1.89 bits per heavy atom. The van der Waals surface area contributed by atoms with Gasteiger partial charge in [-0.2, -0.15) is 0 Å². The molecule has 2 aromatic heterocycles. The molecule has 3 aromatic rings. The molecule has 6 heteroatoms. The number of aryl methyl sites for hydroxylation is 1. The van der Waals surface area contributed by atoms with Gasteiger partial charge in [0.25, 0.3) is 5.56 Å². The van der Waals surface area contributed by atoms with E-state index in [2.05, 4.69) is 34.2 Å². The van der Waals surface area contributed by atoms with Crippen LogP contribution in [-0.2, 0) is 18.5 Å². The summed E-state index contributed by atoms with van der Waals surface area (Å²) in [4.78, 5) is 18.3. The van der Waals surface area contributed by atoms with Gasteiger partial charge in [-0.1, -0.05) is 30.3 Å². The molecule has 5 nitrogen and oxygen atoms in total. The number of hydrogen-bond acceptors (Lipinski definition) is 5. The number of hydrogen-bond donors (Lipinski definition) is 0. The van der Waals surface area contributed by atoms with Crippen molar-refractivity contribution in [3.05, 3.63) is 68.4 Å². The Balaban J connectivity index is 1.43. The molecule has 1 atom stereocenters. The summed E-state index contributed by atoms with van der Waals surface area (Å²) in [6.45, 7) is 5.89. The van der Waals surface area contributed by atoms with E-state index in [1.54, 1.807) is 0 Å². The highest BCUT2D eigenvalue weighted by atomic mass is 32.1. The molecule has 1 aromatic carbocycles. The number of likely N-dealkylation sites (tertiary alicyclic amines) is 1. The van der Waals surface area contributed by atoms with Crippen LogP contribution in [-0.4, -0.2) is 32.8 Å². The standard InChI is InChI=1S/C21H22N4OS/c1-15-7-8-17(27-15)13-24-11-9-21(14-24)10-12-25-19(26)18(22-23-20(21)25)16-5-3-2-4-6-16/h2-8H,9-14H2,1H3/t21-/m1/s1. The second kappa shape index (κ2) is 6.39. The predicted molar refractivity (Wildman–Crippen MR) is 107 cm³/mol. The van der Waals surface area contributed by atoms with Gasteiger partial charge in [0, 0.05) is 40.4 Å². The number of aromatic nitrogens is 3. The molecular formula is C21H22N4OS. The van der Waals surface area contributed by atoms with Gasteiger partial charge in [0.15, 0.2) is 5.69 Å². The van der Waals surface area contributed by atoms with E-state index < -0.39 is 0 Å². The second-order valence-corrected chi connectivity index (χ2v) is 9.07. The average molecular weight is 379 g/mol. The van der Waals surface area contributed by atoms with Crippen molar-refractivity contribution in [1.29, 1.82) is 0 Å². The summed E-state index contributed by atoms with van der Waals surface area (Å²) >= 11 is 1.87. The normalized spacial score (nSPS) is 21.8. The summed E-state index contributed by atoms with van der Waals surface area (Å²) in [7, 11) is 0. The molecule has 2 aliphatic heterocycles. The van der Waals surface area contributed by atoms with E-state index in [0.717, 1.165) is 50.4 Å². The lowest BCUT2D eigenvalue weighted by atomic mass is 9.85. The van der Waals surface area contributed by atoms with Crippen LogP contribution in [0, 0.1) is 6.92 Å². The van der Waals surface area contributed by atoms with E-state index in [9.17, 15) is 4.79 Å². The molecule has 1 saturated heterocycles. The van der Waals surface area contributed by atoms with E-state index >= 15 is 0 Å². The Labute approximate surface area is 162 Å². The van der Waals surface area contributed by atoms with Gasteiger partial charge >= 0.3 is 0 Å². The van der Waals surface area contributed by atoms with Gasteiger partial charge in [0.1, 0.15) is 5.82 Å². The lowest BCUT2D eigenvalue weighted by molar-refractivity contribution is 0.301. The average Bonchev–Trinajstić information content (AvgIpc) is 3.38. The molecule has 0 bridgehead atoms. The zero-order valence-electron chi connectivity index (χ0n) is 15.4. The monoisotopic (exact) mass is 378 g/mol. The number of fused-ring (bicyclic) bond motifs is 2. The summed E-state index contributed by atoms with van der Waals surface area (Å²) < 4.78 is 1.87. The van der Waals surface area contributed by atoms with E-state index in [4.69, 9.17) is 0 Å². The van der Waals surface area contributed by atoms with E-state index in [0.29, 0.717) is 5.69 Å². The minimum Gasteiger partial charge on any atom is -0.297 e. The van der Waals surface area contributed by atoms with Crippen molar-refractivity contribution in [3.8, 4) is 11.3 Å². The highest BCUT2D eigenvalue weighted by Crippen LogP contribution is 2.41. The first kappa shape index (κ1) is 16.8. The fourth-order valence-corrected chi connectivity index (χ4v) is 5.44. The van der Waals surface area contributed by atoms with Crippen LogP contribution in [0.4, 0.5) is 0 Å². The van der Waals surface area contributed by atoms with Gasteiger partial charge in [0.05, 0.1) is 0 Å². The number of thiophene rings is 1. The summed E-state index contributed by atoms with van der Waals surface area (Å²) in [6.07, 6.45) is 2.03. The lowest BCUT2D eigenvalue weighted by Crippen LogP contribution is -2.33. The van der Waals surface area contributed by atoms with Gasteiger partial charge in [-0.15, -0.1) is 21.5 Å². The molecule has 0 amide bonds. The van der Waals surface area contributed by atoms with Gasteiger partial charge in [-0.3, -0.25) is 14.3 Å². The number of nitrogens with zero attached hydrogens (tertiary/aromatic N) is 4. The van der Waals surface area contributed by atoms with Crippen molar-refractivity contribution in [2.75, 3.05) is 13.1 Å². The fraction of sp³-hybridized carbons (Fsp3) is 0.381. The molecular weight excluding hydrogens is 356 g/mol. The van der Waals surface area contributed by atoms with Crippen LogP contribution in [0.1, 0.15) is 28.4 Å². The van der Waals surface area contributed by atoms with Crippen molar-refractivity contribution in [2.24, 2.45) is 0 Å². The largest absolute Gasteiger partial charge is 0.297 e. The first-order valence-electron chi connectivity index (χ1n) is 9.46. The van der Waals surface area contributed by atoms with Crippen LogP contribution < -0.4 is 5.56 Å². The Morgan fingerprint density at radius 1 is 1.07 bits per heavy atom. The first-order chi connectivity index (χ1) is 13.1. The third-order valence-corrected chi connectivity index (χ3v) is 6.88. The van der Waals surface area contributed by atoms with Gasteiger partial charge in [0.2, 0.25) is 0 Å². The highest BCUT2D eigenvalue weighted by Gasteiger charge is 2.46. The first-order valence-corrected chi connectivity index (χ1v) is 10.3. The van der Waals surface area contributed by atoms with Crippen molar-refractivity contribution in [1.82, 2.24) is 19.7 Å². The third kappa shape index (κ3) is 2.84. The zero-order chi connectivity index (χ0) is 18.4. The Bertz CT molecular complexity index is 1040. The molecule has 1 spiro atoms. The molecule has 0 N–H and O–H groups in total. The minimum absolute atomic E-state index is 0.00425. The maximum Gasteiger partial charge on any atom is 0.280 e. The van der Waals surface area contributed by atoms with Crippen LogP contribution >= 0.6 is 11.3 Å². The smallest absolute Gasteiger partial charge is 0.280 e. The third-order valence-electron chi connectivity index (χ3n) is 5.89. The molecule has 4 heterocycles. The van der Waals surface area contributed by atoms with Crippen LogP contribution in [0.25, 0.3) is 11.3 Å². The number of benzene rings is 1. The van der Waals surface area contributed by atoms with Crippen LogP contribution in [0.5, 0.6) is 0 Å². The molecule has 2 aliphatic rings. The SMILES string of the molecule is Cc1ccc(CN2CC[C@@]3(CCn4c3nnc(-c3ccccc3)c4=O)C2)s1. The molecule has 5 rings (SSSR count). The summed E-state index contributed by atoms with van der Waals surface area (Å²) in [5.74, 6) is 0.886. The van der Waals surface area contributed by atoms with Gasteiger partial charge in [-0.05, 0) is 38.4 Å². The highest BCUT2D eigenvalue weighted by molar-refractivity contribution is 7.11. The maximum absolute atomic E-state index is 13.0. The maximum atomic E-state index is 13.0. The van der Waals surface area contributed by atoms with Crippen molar-refractivity contribution < 1.29 is 0 Å². The molecule has 1 fully saturated rings. The molecule has 0 radical (unpaired) electrons. The van der Waals surface area contributed by atoms with Crippen LogP contribution in [0.15, 0.2) is 47.3 Å². The summed E-state index contributed by atoms with van der Waals surface area (Å²) in [5, 5.41) is 8.92. The molecule has 0 saturated carbocycles. The van der Waals surface area contributed by atoms with E-state index in [-0.39, 0.29) is 11.0 Å². The van der Waals surface area contributed by atoms with Crippen molar-refractivity contribution >= 4 is 11.3 Å².